The predicted octanol–water partition coefficient (Wildman–Crippen LogP) is 5.01. The van der Waals surface area contributed by atoms with Crippen LogP contribution in [-0.2, 0) is 0 Å². The van der Waals surface area contributed by atoms with Crippen LogP contribution in [0.2, 0.25) is 5.15 Å². The molecule has 120 valence electrons. The Balaban J connectivity index is 1.66. The predicted molar refractivity (Wildman–Crippen MR) is 96.2 cm³/mol. The van der Waals surface area contributed by atoms with E-state index in [-0.39, 0.29) is 0 Å². The highest BCUT2D eigenvalue weighted by molar-refractivity contribution is 7.99. The van der Waals surface area contributed by atoms with Gasteiger partial charge in [0, 0.05) is 10.9 Å². The Hall–Kier alpha value is -0.900. The molecular formula is C19H21ClN2S. The molecule has 2 radical (unpaired) electrons. The maximum Gasteiger partial charge on any atom is 0.110 e. The SMILES string of the molecule is [CH]c1ccc(Sc2ccc(Cl)n2[C@@H]2C3CCN(CC3)[C@H]2C)cc1. The Morgan fingerprint density at radius 2 is 1.78 bits per heavy atom. The maximum absolute atomic E-state index is 6.58. The van der Waals surface area contributed by atoms with Crippen LogP contribution in [0, 0.1) is 12.8 Å². The van der Waals surface area contributed by atoms with E-state index in [1.807, 2.05) is 18.2 Å². The zero-order valence-electron chi connectivity index (χ0n) is 13.3. The molecule has 0 saturated carbocycles. The normalized spacial score (nSPS) is 29.9. The summed E-state index contributed by atoms with van der Waals surface area (Å²) in [7, 11) is 0. The van der Waals surface area contributed by atoms with Crippen LogP contribution in [0.1, 0.15) is 31.4 Å². The fourth-order valence-electron chi connectivity index (χ4n) is 4.14. The number of rotatable bonds is 3. The van der Waals surface area contributed by atoms with Crippen LogP contribution in [0.4, 0.5) is 0 Å². The van der Waals surface area contributed by atoms with Crippen LogP contribution < -0.4 is 0 Å². The summed E-state index contributed by atoms with van der Waals surface area (Å²) in [6.45, 7) is 10.6. The zero-order valence-corrected chi connectivity index (χ0v) is 14.9. The number of aromatic nitrogens is 1. The minimum atomic E-state index is 0.483. The summed E-state index contributed by atoms with van der Waals surface area (Å²) < 4.78 is 2.36. The molecule has 4 heteroatoms. The Bertz CT molecular complexity index is 684. The van der Waals surface area contributed by atoms with Crippen molar-refractivity contribution in [1.82, 2.24) is 9.47 Å². The highest BCUT2D eigenvalue weighted by atomic mass is 35.5. The van der Waals surface area contributed by atoms with Crippen LogP contribution >= 0.6 is 23.4 Å². The maximum atomic E-state index is 6.58. The minimum Gasteiger partial charge on any atom is -0.322 e. The second kappa shape index (κ2) is 6.19. The van der Waals surface area contributed by atoms with Crippen molar-refractivity contribution in [2.24, 2.45) is 5.92 Å². The molecule has 23 heavy (non-hydrogen) atoms. The fraction of sp³-hybridized carbons (Fsp3) is 0.421. The summed E-state index contributed by atoms with van der Waals surface area (Å²) in [6.07, 6.45) is 2.57. The van der Waals surface area contributed by atoms with E-state index in [4.69, 9.17) is 18.5 Å². The van der Waals surface area contributed by atoms with Crippen molar-refractivity contribution < 1.29 is 0 Å². The van der Waals surface area contributed by atoms with Crippen molar-refractivity contribution in [2.45, 2.75) is 41.8 Å². The van der Waals surface area contributed by atoms with E-state index in [0.717, 1.165) is 16.6 Å². The van der Waals surface area contributed by atoms with Gasteiger partial charge in [-0.1, -0.05) is 35.5 Å². The van der Waals surface area contributed by atoms with Gasteiger partial charge in [-0.2, -0.15) is 0 Å². The first kappa shape index (κ1) is 15.6. The van der Waals surface area contributed by atoms with Crippen molar-refractivity contribution in [3.63, 3.8) is 0 Å². The minimum absolute atomic E-state index is 0.483. The van der Waals surface area contributed by atoms with E-state index in [1.165, 1.54) is 35.9 Å². The van der Waals surface area contributed by atoms with Gasteiger partial charge in [-0.05, 0) is 75.5 Å². The first-order valence-corrected chi connectivity index (χ1v) is 9.47. The number of fused-ring (bicyclic) bond motifs is 3. The lowest BCUT2D eigenvalue weighted by molar-refractivity contribution is 0.00321. The van der Waals surface area contributed by atoms with Gasteiger partial charge in [0.2, 0.25) is 0 Å². The van der Waals surface area contributed by atoms with Gasteiger partial charge < -0.3 is 4.57 Å². The van der Waals surface area contributed by atoms with Gasteiger partial charge in [-0.25, -0.2) is 0 Å². The molecule has 2 atom stereocenters. The molecule has 2 bridgehead atoms. The molecule has 0 aliphatic carbocycles. The van der Waals surface area contributed by atoms with Crippen LogP contribution in [0.25, 0.3) is 0 Å². The van der Waals surface area contributed by atoms with Gasteiger partial charge in [0.05, 0.1) is 11.1 Å². The highest BCUT2D eigenvalue weighted by Gasteiger charge is 2.41. The summed E-state index contributed by atoms with van der Waals surface area (Å²) in [5, 5.41) is 2.08. The molecule has 0 amide bonds. The third-order valence-corrected chi connectivity index (χ3v) is 6.72. The first-order chi connectivity index (χ1) is 11.1. The molecule has 3 aliphatic heterocycles. The second-order valence-corrected chi connectivity index (χ2v) is 8.12. The number of hydrogen-bond donors (Lipinski definition) is 0. The summed E-state index contributed by atoms with van der Waals surface area (Å²) in [5.74, 6) is 0.741. The van der Waals surface area contributed by atoms with E-state index in [1.54, 1.807) is 11.8 Å². The van der Waals surface area contributed by atoms with Crippen molar-refractivity contribution in [2.75, 3.05) is 13.1 Å². The van der Waals surface area contributed by atoms with Crippen LogP contribution in [-0.4, -0.2) is 28.6 Å². The Morgan fingerprint density at radius 1 is 1.09 bits per heavy atom. The van der Waals surface area contributed by atoms with Crippen molar-refractivity contribution in [1.29, 1.82) is 0 Å². The third-order valence-electron chi connectivity index (χ3n) is 5.36. The van der Waals surface area contributed by atoms with E-state index in [0.29, 0.717) is 12.1 Å². The molecule has 1 aromatic carbocycles. The van der Waals surface area contributed by atoms with Gasteiger partial charge in [-0.3, -0.25) is 4.90 Å². The first-order valence-electron chi connectivity index (χ1n) is 8.27. The number of nitrogens with zero attached hydrogens (tertiary/aromatic N) is 2. The van der Waals surface area contributed by atoms with Gasteiger partial charge in [-0.15, -0.1) is 0 Å². The van der Waals surface area contributed by atoms with E-state index >= 15 is 0 Å². The number of hydrogen-bond acceptors (Lipinski definition) is 2. The van der Waals surface area contributed by atoms with Crippen LogP contribution in [0.15, 0.2) is 46.3 Å². The Kier molecular flexibility index (Phi) is 4.21. The molecule has 4 heterocycles. The van der Waals surface area contributed by atoms with Crippen molar-refractivity contribution in [3.05, 3.63) is 54.0 Å². The van der Waals surface area contributed by atoms with E-state index < -0.39 is 0 Å². The molecule has 0 unspecified atom stereocenters. The van der Waals surface area contributed by atoms with Gasteiger partial charge in [0.15, 0.2) is 0 Å². The lowest BCUT2D eigenvalue weighted by atomic mass is 9.79. The summed E-state index contributed by atoms with van der Waals surface area (Å²) in [4.78, 5) is 3.81. The number of halogens is 1. The molecule has 0 N–H and O–H groups in total. The Labute approximate surface area is 147 Å². The fourth-order valence-corrected chi connectivity index (χ4v) is 5.42. The summed E-state index contributed by atoms with van der Waals surface area (Å²) in [6, 6.07) is 13.3. The van der Waals surface area contributed by atoms with Crippen molar-refractivity contribution in [3.8, 4) is 0 Å². The summed E-state index contributed by atoms with van der Waals surface area (Å²) in [5.41, 5.74) is 0.800. The van der Waals surface area contributed by atoms with Gasteiger partial charge in [0.1, 0.15) is 5.15 Å². The van der Waals surface area contributed by atoms with Gasteiger partial charge >= 0.3 is 0 Å². The lowest BCUT2D eigenvalue weighted by Gasteiger charge is -2.50. The zero-order chi connectivity index (χ0) is 16.0. The standard InChI is InChI=1S/C19H21ClN2S/c1-13-3-5-16(6-4-13)23-18-8-7-17(20)22(18)19-14(2)21-11-9-15(19)10-12-21/h1,3-8,14-15,19H,9-12H2,2H3/t14-,19-/m0/s1. The largest absolute Gasteiger partial charge is 0.322 e. The third kappa shape index (κ3) is 2.84. The molecule has 1 aromatic heterocycles. The van der Waals surface area contributed by atoms with E-state index in [2.05, 4.69) is 34.6 Å². The van der Waals surface area contributed by atoms with Crippen molar-refractivity contribution >= 4 is 23.4 Å². The monoisotopic (exact) mass is 344 g/mol. The smallest absolute Gasteiger partial charge is 0.110 e. The molecule has 3 aliphatic rings. The molecule has 5 rings (SSSR count). The molecule has 3 saturated heterocycles. The molecular weight excluding hydrogens is 324 g/mol. The van der Waals surface area contributed by atoms with Gasteiger partial charge in [0.25, 0.3) is 0 Å². The molecule has 2 aromatic rings. The van der Waals surface area contributed by atoms with Crippen LogP contribution in [0.3, 0.4) is 0 Å². The molecule has 2 nitrogen and oxygen atoms in total. The second-order valence-electron chi connectivity index (χ2n) is 6.64. The molecule has 0 spiro atoms. The van der Waals surface area contributed by atoms with E-state index in [9.17, 15) is 0 Å². The van der Waals surface area contributed by atoms with Crippen LogP contribution in [0.5, 0.6) is 0 Å². The topological polar surface area (TPSA) is 8.17 Å². The quantitative estimate of drug-likeness (QED) is 0.773. The Morgan fingerprint density at radius 3 is 2.43 bits per heavy atom. The average molecular weight is 345 g/mol. The average Bonchev–Trinajstić information content (AvgIpc) is 2.91. The number of piperidine rings is 3. The number of benzene rings is 1. The lowest BCUT2D eigenvalue weighted by Crippen LogP contribution is -2.54. The molecule has 3 fully saturated rings. The summed E-state index contributed by atoms with van der Waals surface area (Å²) >= 11 is 8.35. The highest BCUT2D eigenvalue weighted by Crippen LogP contribution is 2.44.